The fourth-order valence-electron chi connectivity index (χ4n) is 2.72. The summed E-state index contributed by atoms with van der Waals surface area (Å²) in [7, 11) is -3.58. The second-order valence-electron chi connectivity index (χ2n) is 5.94. The lowest BCUT2D eigenvalue weighted by Crippen LogP contribution is -2.52. The summed E-state index contributed by atoms with van der Waals surface area (Å²) in [5.41, 5.74) is 1.30. The number of aryl methyl sites for hydroxylation is 1. The highest BCUT2D eigenvalue weighted by molar-refractivity contribution is 7.92. The van der Waals surface area contributed by atoms with Gasteiger partial charge in [-0.15, -0.1) is 0 Å². The van der Waals surface area contributed by atoms with Crippen molar-refractivity contribution in [3.8, 4) is 0 Å². The Morgan fingerprint density at radius 2 is 1.62 bits per heavy atom. The van der Waals surface area contributed by atoms with E-state index in [-0.39, 0.29) is 18.4 Å². The number of nitrogens with zero attached hydrogens (tertiary/aromatic N) is 3. The number of carbonyl (C=O) groups excluding carboxylic acids is 2. The molecule has 0 aromatic heterocycles. The molecule has 0 spiro atoms. The van der Waals surface area contributed by atoms with E-state index in [4.69, 9.17) is 0 Å². The zero-order valence-electron chi connectivity index (χ0n) is 14.2. The summed E-state index contributed by atoms with van der Waals surface area (Å²) < 4.78 is 25.4. The third-order valence-electron chi connectivity index (χ3n) is 4.14. The number of carbonyl (C=O) groups is 2. The molecule has 1 aromatic rings. The molecule has 0 aliphatic carbocycles. The van der Waals surface area contributed by atoms with Gasteiger partial charge in [-0.1, -0.05) is 18.2 Å². The normalized spacial score (nSPS) is 15.3. The zero-order valence-corrected chi connectivity index (χ0v) is 15.0. The molecule has 0 N–H and O–H groups in total. The Labute approximate surface area is 142 Å². The van der Waals surface area contributed by atoms with E-state index in [0.717, 1.165) is 16.1 Å². The van der Waals surface area contributed by atoms with Gasteiger partial charge in [-0.05, 0) is 18.6 Å². The van der Waals surface area contributed by atoms with E-state index in [9.17, 15) is 18.0 Å². The average Bonchev–Trinajstić information content (AvgIpc) is 2.52. The molecule has 1 heterocycles. The second kappa shape index (κ2) is 7.21. The Morgan fingerprint density at radius 3 is 2.12 bits per heavy atom. The molecule has 1 saturated heterocycles. The van der Waals surface area contributed by atoms with Crippen LogP contribution in [-0.2, 0) is 19.6 Å². The van der Waals surface area contributed by atoms with Crippen LogP contribution < -0.4 is 4.31 Å². The Morgan fingerprint density at radius 1 is 1.08 bits per heavy atom. The largest absolute Gasteiger partial charge is 0.339 e. The van der Waals surface area contributed by atoms with Crippen LogP contribution in [0.2, 0.25) is 0 Å². The second-order valence-corrected chi connectivity index (χ2v) is 7.85. The maximum atomic E-state index is 12.5. The number of amides is 2. The highest BCUT2D eigenvalue weighted by Gasteiger charge is 2.27. The molecule has 2 rings (SSSR count). The van der Waals surface area contributed by atoms with Crippen molar-refractivity contribution in [1.82, 2.24) is 9.80 Å². The topological polar surface area (TPSA) is 78.0 Å². The highest BCUT2D eigenvalue weighted by atomic mass is 32.2. The minimum atomic E-state index is -3.58. The van der Waals surface area contributed by atoms with Crippen LogP contribution in [0.4, 0.5) is 5.69 Å². The molecule has 8 heteroatoms. The van der Waals surface area contributed by atoms with Crippen LogP contribution in [0.3, 0.4) is 0 Å². The van der Waals surface area contributed by atoms with Crippen LogP contribution in [0.25, 0.3) is 0 Å². The van der Waals surface area contributed by atoms with Gasteiger partial charge in [-0.25, -0.2) is 8.42 Å². The van der Waals surface area contributed by atoms with Gasteiger partial charge in [-0.2, -0.15) is 0 Å². The summed E-state index contributed by atoms with van der Waals surface area (Å²) in [6, 6.07) is 7.07. The van der Waals surface area contributed by atoms with E-state index >= 15 is 0 Å². The Hall–Kier alpha value is -2.09. The van der Waals surface area contributed by atoms with Gasteiger partial charge < -0.3 is 9.80 Å². The molecule has 24 heavy (non-hydrogen) atoms. The van der Waals surface area contributed by atoms with Crippen LogP contribution >= 0.6 is 0 Å². The number of sulfonamides is 1. The van der Waals surface area contributed by atoms with E-state index in [2.05, 4.69) is 0 Å². The molecule has 0 saturated carbocycles. The Balaban J connectivity index is 2.12. The molecule has 0 atom stereocenters. The van der Waals surface area contributed by atoms with Crippen LogP contribution in [0.1, 0.15) is 12.5 Å². The van der Waals surface area contributed by atoms with Crippen LogP contribution in [0.15, 0.2) is 24.3 Å². The molecule has 2 amide bonds. The fourth-order valence-corrected chi connectivity index (χ4v) is 3.63. The Kier molecular flexibility index (Phi) is 5.48. The number of hydrogen-bond donors (Lipinski definition) is 0. The summed E-state index contributed by atoms with van der Waals surface area (Å²) in [4.78, 5) is 27.2. The molecule has 0 bridgehead atoms. The molecule has 132 valence electrons. The van der Waals surface area contributed by atoms with Crippen LogP contribution in [0, 0.1) is 6.92 Å². The zero-order chi connectivity index (χ0) is 17.9. The number of para-hydroxylation sites is 1. The van der Waals surface area contributed by atoms with Crippen molar-refractivity contribution in [3.05, 3.63) is 29.8 Å². The minimum Gasteiger partial charge on any atom is -0.339 e. The van der Waals surface area contributed by atoms with Crippen LogP contribution in [0.5, 0.6) is 0 Å². The van der Waals surface area contributed by atoms with Gasteiger partial charge in [0.2, 0.25) is 21.8 Å². The lowest BCUT2D eigenvalue weighted by atomic mass is 10.2. The molecule has 0 unspecified atom stereocenters. The van der Waals surface area contributed by atoms with Gasteiger partial charge in [0.15, 0.2) is 0 Å². The summed E-state index contributed by atoms with van der Waals surface area (Å²) in [5, 5.41) is 0. The van der Waals surface area contributed by atoms with E-state index < -0.39 is 10.0 Å². The number of benzene rings is 1. The molecule has 1 aromatic carbocycles. The third kappa shape index (κ3) is 4.25. The summed E-state index contributed by atoms with van der Waals surface area (Å²) in [6.07, 6.45) is 1.10. The van der Waals surface area contributed by atoms with E-state index in [1.807, 2.05) is 19.1 Å². The predicted molar refractivity (Wildman–Crippen MR) is 92.2 cm³/mol. The number of rotatable bonds is 4. The first kappa shape index (κ1) is 18.3. The van der Waals surface area contributed by atoms with Crippen molar-refractivity contribution in [2.24, 2.45) is 0 Å². The molecule has 1 aliphatic heterocycles. The van der Waals surface area contributed by atoms with Crippen molar-refractivity contribution < 1.29 is 18.0 Å². The summed E-state index contributed by atoms with van der Waals surface area (Å²) in [6.45, 7) is 4.87. The first-order valence-corrected chi connectivity index (χ1v) is 9.61. The van der Waals surface area contributed by atoms with Crippen molar-refractivity contribution >= 4 is 27.5 Å². The first-order valence-electron chi connectivity index (χ1n) is 7.77. The van der Waals surface area contributed by atoms with Crippen molar-refractivity contribution in [2.75, 3.05) is 43.3 Å². The predicted octanol–water partition coefficient (Wildman–Crippen LogP) is 0.452. The van der Waals surface area contributed by atoms with Gasteiger partial charge in [0, 0.05) is 33.1 Å². The van der Waals surface area contributed by atoms with Crippen LogP contribution in [-0.4, -0.2) is 69.0 Å². The minimum absolute atomic E-state index is 0.0141. The molecule has 1 fully saturated rings. The van der Waals surface area contributed by atoms with Crippen molar-refractivity contribution in [1.29, 1.82) is 0 Å². The highest BCUT2D eigenvalue weighted by Crippen LogP contribution is 2.22. The lowest BCUT2D eigenvalue weighted by Gasteiger charge is -2.35. The monoisotopic (exact) mass is 353 g/mol. The van der Waals surface area contributed by atoms with Gasteiger partial charge in [0.25, 0.3) is 0 Å². The van der Waals surface area contributed by atoms with Gasteiger partial charge in [0.05, 0.1) is 11.9 Å². The summed E-state index contributed by atoms with van der Waals surface area (Å²) >= 11 is 0. The van der Waals surface area contributed by atoms with Gasteiger partial charge >= 0.3 is 0 Å². The van der Waals surface area contributed by atoms with Gasteiger partial charge in [0.1, 0.15) is 6.54 Å². The molecule has 1 aliphatic rings. The van der Waals surface area contributed by atoms with Gasteiger partial charge in [-0.3, -0.25) is 13.9 Å². The standard InChI is InChI=1S/C16H23N3O4S/c1-13-6-4-5-7-15(13)19(24(3,22)23)12-16(21)18-10-8-17(9-11-18)14(2)20/h4-7H,8-12H2,1-3H3. The number of anilines is 1. The fraction of sp³-hybridized carbons (Fsp3) is 0.500. The van der Waals surface area contributed by atoms with E-state index in [1.165, 1.54) is 6.92 Å². The maximum absolute atomic E-state index is 12.5. The quantitative estimate of drug-likeness (QED) is 0.787. The average molecular weight is 353 g/mol. The maximum Gasteiger partial charge on any atom is 0.243 e. The molecular weight excluding hydrogens is 330 g/mol. The molecule has 0 radical (unpaired) electrons. The SMILES string of the molecule is CC(=O)N1CCN(C(=O)CN(c2ccccc2C)S(C)(=O)=O)CC1. The van der Waals surface area contributed by atoms with Crippen molar-refractivity contribution in [3.63, 3.8) is 0 Å². The van der Waals surface area contributed by atoms with Crippen molar-refractivity contribution in [2.45, 2.75) is 13.8 Å². The molecular formula is C16H23N3O4S. The Bertz CT molecular complexity index is 725. The van der Waals surface area contributed by atoms with E-state index in [1.54, 1.807) is 21.9 Å². The number of hydrogen-bond acceptors (Lipinski definition) is 4. The smallest absolute Gasteiger partial charge is 0.243 e. The lowest BCUT2D eigenvalue weighted by molar-refractivity contribution is -0.137. The third-order valence-corrected chi connectivity index (χ3v) is 5.27. The summed E-state index contributed by atoms with van der Waals surface area (Å²) in [5.74, 6) is -0.272. The van der Waals surface area contributed by atoms with E-state index in [0.29, 0.717) is 31.9 Å². The first-order chi connectivity index (χ1) is 11.2. The molecule has 7 nitrogen and oxygen atoms in total. The number of piperazine rings is 1.